The van der Waals surface area contributed by atoms with Gasteiger partial charge in [0.2, 0.25) is 0 Å². The van der Waals surface area contributed by atoms with Gasteiger partial charge in [-0.1, -0.05) is 11.6 Å². The summed E-state index contributed by atoms with van der Waals surface area (Å²) in [5.74, 6) is 0.215. The molecule has 1 saturated heterocycles. The molecule has 0 saturated carbocycles. The van der Waals surface area contributed by atoms with Crippen molar-refractivity contribution in [3.05, 3.63) is 34.3 Å². The molecule has 1 fully saturated rings. The monoisotopic (exact) mass is 353 g/mol. The van der Waals surface area contributed by atoms with Crippen molar-refractivity contribution in [1.29, 1.82) is 0 Å². The average molecular weight is 354 g/mol. The average Bonchev–Trinajstić information content (AvgIpc) is 3.01. The number of hydrogen-bond acceptors (Lipinski definition) is 6. The highest BCUT2D eigenvalue weighted by molar-refractivity contribution is 7.18. The Bertz CT molecular complexity index is 697. The summed E-state index contributed by atoms with van der Waals surface area (Å²) in [7, 11) is 1.36. The van der Waals surface area contributed by atoms with E-state index in [0.717, 1.165) is 23.4 Å². The minimum atomic E-state index is -0.411. The maximum absolute atomic E-state index is 11.9. The first-order valence-electron chi connectivity index (χ1n) is 7.25. The van der Waals surface area contributed by atoms with Gasteiger partial charge in [-0.25, -0.2) is 9.78 Å². The second-order valence-corrected chi connectivity index (χ2v) is 6.80. The maximum atomic E-state index is 11.9. The summed E-state index contributed by atoms with van der Waals surface area (Å²) < 4.78 is 16.8. The molecular weight excluding hydrogens is 338 g/mol. The summed E-state index contributed by atoms with van der Waals surface area (Å²) >= 11 is 7.30. The fourth-order valence-electron chi connectivity index (χ4n) is 2.40. The third-order valence-electron chi connectivity index (χ3n) is 3.52. The Morgan fingerprint density at radius 1 is 1.35 bits per heavy atom. The highest BCUT2D eigenvalue weighted by Crippen LogP contribution is 2.32. The Morgan fingerprint density at radius 3 is 2.78 bits per heavy atom. The first-order valence-corrected chi connectivity index (χ1v) is 8.44. The molecule has 2 aromatic rings. The topological polar surface area (TPSA) is 57.7 Å². The Hall–Kier alpha value is -1.63. The fourth-order valence-corrected chi connectivity index (χ4v) is 3.30. The number of thiazole rings is 1. The van der Waals surface area contributed by atoms with Crippen molar-refractivity contribution in [2.24, 2.45) is 0 Å². The number of aromatic nitrogens is 1. The van der Waals surface area contributed by atoms with E-state index in [1.807, 2.05) is 6.07 Å². The minimum Gasteiger partial charge on any atom is -0.490 e. The standard InChI is InChI=1S/C16H16ClNO4S/c1-20-16(19)11-6-10(15-18-9-14(17)23-15)7-13(8-11)22-12-2-4-21-5-3-12/h6-9,12H,2-5H2,1H3. The molecule has 0 unspecified atom stereocenters. The molecule has 3 rings (SSSR count). The number of hydrogen-bond donors (Lipinski definition) is 0. The summed E-state index contributed by atoms with van der Waals surface area (Å²) in [5, 5.41) is 0.734. The van der Waals surface area contributed by atoms with Crippen LogP contribution in [0.4, 0.5) is 0 Å². The van der Waals surface area contributed by atoms with E-state index in [1.165, 1.54) is 18.4 Å². The van der Waals surface area contributed by atoms with Crippen LogP contribution in [0.15, 0.2) is 24.4 Å². The lowest BCUT2D eigenvalue weighted by Crippen LogP contribution is -2.26. The molecule has 122 valence electrons. The van der Waals surface area contributed by atoms with Crippen LogP contribution in [-0.2, 0) is 9.47 Å². The van der Waals surface area contributed by atoms with E-state index in [1.54, 1.807) is 18.3 Å². The molecule has 0 bridgehead atoms. The molecule has 5 nitrogen and oxygen atoms in total. The van der Waals surface area contributed by atoms with E-state index in [2.05, 4.69) is 4.98 Å². The summed E-state index contributed by atoms with van der Waals surface area (Å²) in [4.78, 5) is 16.2. The molecule has 7 heteroatoms. The van der Waals surface area contributed by atoms with Crippen LogP contribution in [0.1, 0.15) is 23.2 Å². The first-order chi connectivity index (χ1) is 11.2. The molecule has 0 radical (unpaired) electrons. The largest absolute Gasteiger partial charge is 0.490 e. The van der Waals surface area contributed by atoms with E-state index >= 15 is 0 Å². The van der Waals surface area contributed by atoms with Crippen molar-refractivity contribution in [2.75, 3.05) is 20.3 Å². The molecule has 1 aromatic carbocycles. The number of carbonyl (C=O) groups excluding carboxylic acids is 1. The van der Waals surface area contributed by atoms with Gasteiger partial charge in [-0.15, -0.1) is 11.3 Å². The van der Waals surface area contributed by atoms with Crippen molar-refractivity contribution >= 4 is 28.9 Å². The van der Waals surface area contributed by atoms with Crippen molar-refractivity contribution in [2.45, 2.75) is 18.9 Å². The van der Waals surface area contributed by atoms with Crippen molar-refractivity contribution in [1.82, 2.24) is 4.98 Å². The number of methoxy groups -OCH3 is 1. The van der Waals surface area contributed by atoms with E-state index in [0.29, 0.717) is 28.9 Å². The van der Waals surface area contributed by atoms with E-state index in [4.69, 9.17) is 25.8 Å². The van der Waals surface area contributed by atoms with Gasteiger partial charge in [-0.3, -0.25) is 0 Å². The number of benzene rings is 1. The van der Waals surface area contributed by atoms with E-state index in [-0.39, 0.29) is 6.10 Å². The SMILES string of the molecule is COC(=O)c1cc(OC2CCOCC2)cc(-c2ncc(Cl)s2)c1. The number of ether oxygens (including phenoxy) is 3. The molecule has 0 spiro atoms. The van der Waals surface area contributed by atoms with Gasteiger partial charge < -0.3 is 14.2 Å². The number of carbonyl (C=O) groups is 1. The van der Waals surface area contributed by atoms with Crippen LogP contribution in [0, 0.1) is 0 Å². The highest BCUT2D eigenvalue weighted by Gasteiger charge is 2.18. The lowest BCUT2D eigenvalue weighted by molar-refractivity contribution is 0.0254. The second kappa shape index (κ2) is 7.29. The molecule has 1 aliphatic rings. The number of esters is 1. The minimum absolute atomic E-state index is 0.0874. The van der Waals surface area contributed by atoms with Gasteiger partial charge in [-0.05, 0) is 18.2 Å². The zero-order valence-electron chi connectivity index (χ0n) is 12.6. The van der Waals surface area contributed by atoms with Crippen LogP contribution in [0.5, 0.6) is 5.75 Å². The molecular formula is C16H16ClNO4S. The first kappa shape index (κ1) is 16.2. The Morgan fingerprint density at radius 2 is 2.13 bits per heavy atom. The predicted octanol–water partition coefficient (Wildman–Crippen LogP) is 3.81. The predicted molar refractivity (Wildman–Crippen MR) is 88.4 cm³/mol. The van der Waals surface area contributed by atoms with Gasteiger partial charge in [0.15, 0.2) is 0 Å². The molecule has 23 heavy (non-hydrogen) atoms. The molecule has 0 amide bonds. The van der Waals surface area contributed by atoms with Crippen LogP contribution < -0.4 is 4.74 Å². The third-order valence-corrected chi connectivity index (χ3v) is 4.69. The zero-order valence-corrected chi connectivity index (χ0v) is 14.2. The van der Waals surface area contributed by atoms with Crippen molar-refractivity contribution < 1.29 is 19.0 Å². The number of rotatable bonds is 4. The van der Waals surface area contributed by atoms with Crippen LogP contribution in [0.3, 0.4) is 0 Å². The summed E-state index contributed by atoms with van der Waals surface area (Å²) in [6.07, 6.45) is 3.34. The van der Waals surface area contributed by atoms with Gasteiger partial charge in [-0.2, -0.15) is 0 Å². The Balaban J connectivity index is 1.92. The van der Waals surface area contributed by atoms with Crippen LogP contribution in [-0.4, -0.2) is 37.4 Å². The van der Waals surface area contributed by atoms with Gasteiger partial charge in [0.05, 0.1) is 32.1 Å². The van der Waals surface area contributed by atoms with Crippen LogP contribution in [0.25, 0.3) is 10.6 Å². The van der Waals surface area contributed by atoms with E-state index in [9.17, 15) is 4.79 Å². The normalized spacial score (nSPS) is 15.4. The van der Waals surface area contributed by atoms with Gasteiger partial charge in [0, 0.05) is 18.4 Å². The van der Waals surface area contributed by atoms with Gasteiger partial charge in [0.1, 0.15) is 21.2 Å². The number of nitrogens with zero attached hydrogens (tertiary/aromatic N) is 1. The number of halogens is 1. The lowest BCUT2D eigenvalue weighted by Gasteiger charge is -2.23. The van der Waals surface area contributed by atoms with Gasteiger partial charge >= 0.3 is 5.97 Å². The molecule has 0 aliphatic carbocycles. The molecule has 1 aromatic heterocycles. The molecule has 0 N–H and O–H groups in total. The molecule has 2 heterocycles. The third kappa shape index (κ3) is 4.02. The van der Waals surface area contributed by atoms with E-state index < -0.39 is 5.97 Å². The zero-order chi connectivity index (χ0) is 16.2. The lowest BCUT2D eigenvalue weighted by atomic mass is 10.1. The summed E-state index contributed by atoms with van der Waals surface area (Å²) in [5.41, 5.74) is 1.21. The van der Waals surface area contributed by atoms with Gasteiger partial charge in [0.25, 0.3) is 0 Å². The summed E-state index contributed by atoms with van der Waals surface area (Å²) in [6.45, 7) is 1.38. The maximum Gasteiger partial charge on any atom is 0.338 e. The Kier molecular flexibility index (Phi) is 5.15. The molecule has 1 aliphatic heterocycles. The van der Waals surface area contributed by atoms with Crippen LogP contribution >= 0.6 is 22.9 Å². The quantitative estimate of drug-likeness (QED) is 0.782. The highest BCUT2D eigenvalue weighted by atomic mass is 35.5. The smallest absolute Gasteiger partial charge is 0.338 e. The van der Waals surface area contributed by atoms with Crippen molar-refractivity contribution in [3.8, 4) is 16.3 Å². The van der Waals surface area contributed by atoms with Crippen molar-refractivity contribution in [3.63, 3.8) is 0 Å². The second-order valence-electron chi connectivity index (χ2n) is 5.14. The fraction of sp³-hybridized carbons (Fsp3) is 0.375. The summed E-state index contributed by atoms with van der Waals surface area (Å²) in [6, 6.07) is 5.30. The van der Waals surface area contributed by atoms with Crippen LogP contribution in [0.2, 0.25) is 4.34 Å². The molecule has 0 atom stereocenters. The Labute approximate surface area is 143 Å².